The number of fused-ring (bicyclic) bond motifs is 1. The van der Waals surface area contributed by atoms with Crippen LogP contribution in [0.4, 0.5) is 0 Å². The molecule has 0 spiro atoms. The highest BCUT2D eigenvalue weighted by Crippen LogP contribution is 2.27. The van der Waals surface area contributed by atoms with Gasteiger partial charge in [0.15, 0.2) is 0 Å². The van der Waals surface area contributed by atoms with Crippen LogP contribution in [0.25, 0.3) is 11.4 Å². The number of hydrogen-bond acceptors (Lipinski definition) is 3. The minimum absolute atomic E-state index is 0.0120. The van der Waals surface area contributed by atoms with Crippen molar-refractivity contribution >= 4 is 11.8 Å². The van der Waals surface area contributed by atoms with E-state index in [9.17, 15) is 4.79 Å². The first-order valence-corrected chi connectivity index (χ1v) is 7.61. The number of thioether (sulfide) groups is 1. The van der Waals surface area contributed by atoms with Gasteiger partial charge in [0, 0.05) is 22.6 Å². The highest BCUT2D eigenvalue weighted by molar-refractivity contribution is 7.98. The Bertz CT molecular complexity index is 659. The molecule has 1 aromatic carbocycles. The third-order valence-electron chi connectivity index (χ3n) is 3.44. The summed E-state index contributed by atoms with van der Waals surface area (Å²) in [5.74, 6) is 2.82. The minimum Gasteiger partial charge on any atom is -0.306 e. The van der Waals surface area contributed by atoms with E-state index in [0.29, 0.717) is 11.7 Å². The standard InChI is InChI=1S/C15H16N2OS/c1-9(2)10-3-5-11(6-4-10)14-16-13-8-19-7-12(13)15(18)17-14/h3-6,9H,7-8H2,1-2H3,(H,16,17,18). The van der Waals surface area contributed by atoms with E-state index in [-0.39, 0.29) is 5.56 Å². The molecule has 0 saturated heterocycles. The number of H-pyrrole nitrogens is 1. The van der Waals surface area contributed by atoms with E-state index in [0.717, 1.165) is 28.3 Å². The van der Waals surface area contributed by atoms with E-state index in [1.54, 1.807) is 11.8 Å². The number of nitrogens with one attached hydrogen (secondary N) is 1. The maximum Gasteiger partial charge on any atom is 0.255 e. The molecule has 1 aliphatic rings. The summed E-state index contributed by atoms with van der Waals surface area (Å²) in [6.07, 6.45) is 0. The van der Waals surface area contributed by atoms with Crippen LogP contribution in [0.2, 0.25) is 0 Å². The van der Waals surface area contributed by atoms with Gasteiger partial charge in [0.25, 0.3) is 5.56 Å². The fraction of sp³-hybridized carbons (Fsp3) is 0.333. The summed E-state index contributed by atoms with van der Waals surface area (Å²) in [5.41, 5.74) is 4.06. The maximum atomic E-state index is 12.0. The largest absolute Gasteiger partial charge is 0.306 e. The van der Waals surface area contributed by atoms with Crippen LogP contribution in [0, 0.1) is 0 Å². The van der Waals surface area contributed by atoms with Crippen LogP contribution in [0.3, 0.4) is 0 Å². The summed E-state index contributed by atoms with van der Waals surface area (Å²) >= 11 is 1.74. The summed E-state index contributed by atoms with van der Waals surface area (Å²) in [7, 11) is 0. The number of aromatic nitrogens is 2. The molecule has 0 atom stereocenters. The van der Waals surface area contributed by atoms with Crippen LogP contribution < -0.4 is 5.56 Å². The first kappa shape index (κ1) is 12.5. The zero-order chi connectivity index (χ0) is 13.4. The molecular weight excluding hydrogens is 256 g/mol. The van der Waals surface area contributed by atoms with Gasteiger partial charge in [-0.05, 0) is 11.5 Å². The average Bonchev–Trinajstić information content (AvgIpc) is 2.87. The predicted octanol–water partition coefficient (Wildman–Crippen LogP) is 3.31. The molecule has 1 aromatic heterocycles. The molecule has 2 aromatic rings. The topological polar surface area (TPSA) is 45.8 Å². The number of nitrogens with zero attached hydrogens (tertiary/aromatic N) is 1. The highest BCUT2D eigenvalue weighted by atomic mass is 32.2. The molecule has 0 unspecified atom stereocenters. The zero-order valence-corrected chi connectivity index (χ0v) is 11.9. The normalized spacial score (nSPS) is 13.8. The summed E-state index contributed by atoms with van der Waals surface area (Å²) in [4.78, 5) is 19.4. The molecule has 2 heterocycles. The molecule has 0 amide bonds. The SMILES string of the molecule is CC(C)c1ccc(-c2nc3c(c(=O)[nH]2)CSC3)cc1. The van der Waals surface area contributed by atoms with E-state index in [1.807, 2.05) is 12.1 Å². The van der Waals surface area contributed by atoms with Gasteiger partial charge in [0.05, 0.1) is 5.69 Å². The Hall–Kier alpha value is -1.55. The first-order chi connectivity index (χ1) is 9.15. The number of rotatable bonds is 2. The molecule has 19 heavy (non-hydrogen) atoms. The van der Waals surface area contributed by atoms with Gasteiger partial charge in [-0.15, -0.1) is 0 Å². The van der Waals surface area contributed by atoms with E-state index < -0.39 is 0 Å². The monoisotopic (exact) mass is 272 g/mol. The molecule has 0 radical (unpaired) electrons. The predicted molar refractivity (Wildman–Crippen MR) is 79.4 cm³/mol. The highest BCUT2D eigenvalue weighted by Gasteiger charge is 2.18. The fourth-order valence-corrected chi connectivity index (χ4v) is 3.26. The van der Waals surface area contributed by atoms with Crippen LogP contribution >= 0.6 is 11.8 Å². The van der Waals surface area contributed by atoms with Gasteiger partial charge in [0.1, 0.15) is 5.82 Å². The van der Waals surface area contributed by atoms with Crippen LogP contribution in [-0.2, 0) is 11.5 Å². The van der Waals surface area contributed by atoms with Gasteiger partial charge in [0.2, 0.25) is 0 Å². The molecule has 1 N–H and O–H groups in total. The van der Waals surface area contributed by atoms with Crippen LogP contribution in [0.1, 0.15) is 36.6 Å². The third kappa shape index (κ3) is 2.32. The zero-order valence-electron chi connectivity index (χ0n) is 11.1. The Balaban J connectivity index is 2.03. The Kier molecular flexibility index (Phi) is 3.19. The van der Waals surface area contributed by atoms with E-state index in [2.05, 4.69) is 35.9 Å². The maximum absolute atomic E-state index is 12.0. The fourth-order valence-electron chi connectivity index (χ4n) is 2.23. The van der Waals surface area contributed by atoms with Gasteiger partial charge in [-0.3, -0.25) is 4.79 Å². The summed E-state index contributed by atoms with van der Waals surface area (Å²) < 4.78 is 0. The lowest BCUT2D eigenvalue weighted by Gasteiger charge is -2.07. The quantitative estimate of drug-likeness (QED) is 0.912. The second-order valence-corrected chi connectivity index (χ2v) is 6.09. The van der Waals surface area contributed by atoms with Crippen molar-refractivity contribution < 1.29 is 0 Å². The number of benzene rings is 1. The van der Waals surface area contributed by atoms with Gasteiger partial charge >= 0.3 is 0 Å². The summed E-state index contributed by atoms with van der Waals surface area (Å²) in [5, 5.41) is 0. The molecule has 3 nitrogen and oxygen atoms in total. The van der Waals surface area contributed by atoms with Crippen molar-refractivity contribution in [2.45, 2.75) is 31.3 Å². The second kappa shape index (κ2) is 4.85. The molecule has 0 bridgehead atoms. The number of hydrogen-bond donors (Lipinski definition) is 1. The lowest BCUT2D eigenvalue weighted by atomic mass is 10.0. The van der Waals surface area contributed by atoms with Gasteiger partial charge < -0.3 is 4.98 Å². The van der Waals surface area contributed by atoms with Gasteiger partial charge in [-0.1, -0.05) is 38.1 Å². The summed E-state index contributed by atoms with van der Waals surface area (Å²) in [6.45, 7) is 4.34. The Morgan fingerprint density at radius 2 is 1.95 bits per heavy atom. The smallest absolute Gasteiger partial charge is 0.255 e. The Labute approximate surface area is 116 Å². The minimum atomic E-state index is 0.0120. The molecular formula is C15H16N2OS. The van der Waals surface area contributed by atoms with Crippen LogP contribution in [0.5, 0.6) is 0 Å². The molecule has 0 saturated carbocycles. The second-order valence-electron chi connectivity index (χ2n) is 5.11. The Morgan fingerprint density at radius 1 is 1.21 bits per heavy atom. The van der Waals surface area contributed by atoms with E-state index in [1.165, 1.54) is 5.56 Å². The molecule has 0 aliphatic carbocycles. The van der Waals surface area contributed by atoms with Crippen LogP contribution in [0.15, 0.2) is 29.1 Å². The van der Waals surface area contributed by atoms with E-state index >= 15 is 0 Å². The average molecular weight is 272 g/mol. The number of aromatic amines is 1. The van der Waals surface area contributed by atoms with Crippen molar-refractivity contribution in [2.75, 3.05) is 0 Å². The molecule has 4 heteroatoms. The van der Waals surface area contributed by atoms with Gasteiger partial charge in [-0.2, -0.15) is 11.8 Å². The lowest BCUT2D eigenvalue weighted by Crippen LogP contribution is -2.15. The van der Waals surface area contributed by atoms with E-state index in [4.69, 9.17) is 0 Å². The molecule has 1 aliphatic heterocycles. The first-order valence-electron chi connectivity index (χ1n) is 6.45. The van der Waals surface area contributed by atoms with Crippen LogP contribution in [-0.4, -0.2) is 9.97 Å². The van der Waals surface area contributed by atoms with Crippen molar-refractivity contribution in [3.05, 3.63) is 51.4 Å². The van der Waals surface area contributed by atoms with Crippen molar-refractivity contribution in [2.24, 2.45) is 0 Å². The Morgan fingerprint density at radius 3 is 2.63 bits per heavy atom. The molecule has 98 valence electrons. The van der Waals surface area contributed by atoms with Crippen molar-refractivity contribution in [1.29, 1.82) is 0 Å². The molecule has 0 fully saturated rings. The molecule has 3 rings (SSSR count). The van der Waals surface area contributed by atoms with Crippen molar-refractivity contribution in [3.8, 4) is 11.4 Å². The van der Waals surface area contributed by atoms with Crippen molar-refractivity contribution in [1.82, 2.24) is 9.97 Å². The third-order valence-corrected chi connectivity index (χ3v) is 4.41. The lowest BCUT2D eigenvalue weighted by molar-refractivity contribution is 0.866. The van der Waals surface area contributed by atoms with Gasteiger partial charge in [-0.25, -0.2) is 4.98 Å². The van der Waals surface area contributed by atoms with Crippen molar-refractivity contribution in [3.63, 3.8) is 0 Å². The summed E-state index contributed by atoms with van der Waals surface area (Å²) in [6, 6.07) is 8.26.